The molecule has 0 saturated carbocycles. The number of hydrogen-bond donors (Lipinski definition) is 1. The zero-order valence-electron chi connectivity index (χ0n) is 14.3. The summed E-state index contributed by atoms with van der Waals surface area (Å²) in [6.45, 7) is 5.95. The SMILES string of the molecule is COc1cc(C)n(CCNS(=O)(=O)c2ccc(C)c(C)c2)c(=O)c1. The molecule has 0 saturated heterocycles. The van der Waals surface area contributed by atoms with Crippen LogP contribution in [0.5, 0.6) is 5.75 Å². The molecule has 0 unspecified atom stereocenters. The Bertz CT molecular complexity index is 901. The largest absolute Gasteiger partial charge is 0.496 e. The number of methoxy groups -OCH3 is 1. The van der Waals surface area contributed by atoms with Gasteiger partial charge in [-0.05, 0) is 50.1 Å². The third-order valence-corrected chi connectivity index (χ3v) is 5.42. The van der Waals surface area contributed by atoms with Gasteiger partial charge in [-0.2, -0.15) is 0 Å². The molecule has 1 N–H and O–H groups in total. The van der Waals surface area contributed by atoms with Gasteiger partial charge in [-0.25, -0.2) is 13.1 Å². The summed E-state index contributed by atoms with van der Waals surface area (Å²) in [4.78, 5) is 12.3. The molecular weight excluding hydrogens is 328 g/mol. The second-order valence-corrected chi connectivity index (χ2v) is 7.44. The monoisotopic (exact) mass is 350 g/mol. The zero-order chi connectivity index (χ0) is 17.9. The van der Waals surface area contributed by atoms with Crippen molar-refractivity contribution in [2.75, 3.05) is 13.7 Å². The number of aryl methyl sites for hydroxylation is 3. The van der Waals surface area contributed by atoms with Gasteiger partial charge in [-0.3, -0.25) is 4.79 Å². The van der Waals surface area contributed by atoms with Crippen molar-refractivity contribution in [3.8, 4) is 5.75 Å². The van der Waals surface area contributed by atoms with Gasteiger partial charge < -0.3 is 9.30 Å². The summed E-state index contributed by atoms with van der Waals surface area (Å²) in [5.41, 5.74) is 2.44. The van der Waals surface area contributed by atoms with Gasteiger partial charge in [0.2, 0.25) is 10.0 Å². The van der Waals surface area contributed by atoms with Gasteiger partial charge in [0, 0.05) is 24.8 Å². The molecule has 0 radical (unpaired) electrons. The van der Waals surface area contributed by atoms with Crippen LogP contribution >= 0.6 is 0 Å². The van der Waals surface area contributed by atoms with E-state index in [-0.39, 0.29) is 23.5 Å². The second-order valence-electron chi connectivity index (χ2n) is 5.67. The number of pyridine rings is 1. The Hall–Kier alpha value is -2.12. The van der Waals surface area contributed by atoms with Gasteiger partial charge in [0.1, 0.15) is 5.75 Å². The van der Waals surface area contributed by atoms with Gasteiger partial charge >= 0.3 is 0 Å². The lowest BCUT2D eigenvalue weighted by molar-refractivity contribution is 0.411. The van der Waals surface area contributed by atoms with Crippen molar-refractivity contribution in [1.82, 2.24) is 9.29 Å². The lowest BCUT2D eigenvalue weighted by Crippen LogP contribution is -2.31. The van der Waals surface area contributed by atoms with E-state index in [9.17, 15) is 13.2 Å². The summed E-state index contributed by atoms with van der Waals surface area (Å²) in [6, 6.07) is 8.12. The van der Waals surface area contributed by atoms with E-state index in [1.165, 1.54) is 17.7 Å². The van der Waals surface area contributed by atoms with Crippen LogP contribution in [0, 0.1) is 20.8 Å². The van der Waals surface area contributed by atoms with E-state index in [1.54, 1.807) is 31.2 Å². The number of nitrogens with one attached hydrogen (secondary N) is 1. The van der Waals surface area contributed by atoms with E-state index in [0.717, 1.165) is 11.1 Å². The van der Waals surface area contributed by atoms with Crippen LogP contribution in [-0.2, 0) is 16.6 Å². The normalized spacial score (nSPS) is 11.5. The molecule has 6 nitrogen and oxygen atoms in total. The maximum Gasteiger partial charge on any atom is 0.254 e. The predicted octanol–water partition coefficient (Wildman–Crippen LogP) is 1.76. The first-order valence-corrected chi connectivity index (χ1v) is 9.05. The maximum atomic E-state index is 12.3. The number of benzene rings is 1. The number of rotatable bonds is 6. The van der Waals surface area contributed by atoms with Crippen LogP contribution in [0.15, 0.2) is 40.0 Å². The van der Waals surface area contributed by atoms with E-state index in [4.69, 9.17) is 4.74 Å². The standard InChI is InChI=1S/C17H22N2O4S/c1-12-5-6-16(9-13(12)2)24(21,22)18-7-8-19-14(3)10-15(23-4)11-17(19)20/h5-6,9-11,18H,7-8H2,1-4H3. The fraction of sp³-hybridized carbons (Fsp3) is 0.353. The first kappa shape index (κ1) is 18.2. The molecular formula is C17H22N2O4S. The van der Waals surface area contributed by atoms with Crippen LogP contribution in [0.4, 0.5) is 0 Å². The van der Waals surface area contributed by atoms with E-state index in [2.05, 4.69) is 4.72 Å². The number of nitrogens with zero attached hydrogens (tertiary/aromatic N) is 1. The summed E-state index contributed by atoms with van der Waals surface area (Å²) >= 11 is 0. The minimum atomic E-state index is -3.60. The minimum absolute atomic E-state index is 0.127. The highest BCUT2D eigenvalue weighted by Gasteiger charge is 2.14. The Morgan fingerprint density at radius 3 is 2.38 bits per heavy atom. The number of aromatic nitrogens is 1. The molecule has 2 rings (SSSR count). The molecule has 0 atom stereocenters. The first-order chi connectivity index (χ1) is 11.2. The van der Waals surface area contributed by atoms with Gasteiger partial charge in [-0.1, -0.05) is 6.07 Å². The van der Waals surface area contributed by atoms with Crippen LogP contribution < -0.4 is 15.0 Å². The highest BCUT2D eigenvalue weighted by atomic mass is 32.2. The smallest absolute Gasteiger partial charge is 0.254 e. The molecule has 0 aliphatic heterocycles. The Morgan fingerprint density at radius 2 is 1.79 bits per heavy atom. The lowest BCUT2D eigenvalue weighted by atomic mass is 10.1. The molecule has 0 bridgehead atoms. The van der Waals surface area contributed by atoms with E-state index in [0.29, 0.717) is 11.4 Å². The van der Waals surface area contributed by atoms with Gasteiger partial charge in [-0.15, -0.1) is 0 Å². The number of hydrogen-bond acceptors (Lipinski definition) is 4. The highest BCUT2D eigenvalue weighted by Crippen LogP contribution is 2.14. The molecule has 1 aromatic carbocycles. The van der Waals surface area contributed by atoms with Crippen molar-refractivity contribution < 1.29 is 13.2 Å². The average Bonchev–Trinajstić information content (AvgIpc) is 2.52. The maximum absolute atomic E-state index is 12.3. The van der Waals surface area contributed by atoms with E-state index >= 15 is 0 Å². The molecule has 0 spiro atoms. The quantitative estimate of drug-likeness (QED) is 0.861. The third-order valence-electron chi connectivity index (χ3n) is 3.96. The molecule has 0 aliphatic carbocycles. The predicted molar refractivity (Wildman–Crippen MR) is 93.1 cm³/mol. The summed E-state index contributed by atoms with van der Waals surface area (Å²) in [7, 11) is -2.10. The zero-order valence-corrected chi connectivity index (χ0v) is 15.1. The molecule has 1 aromatic heterocycles. The summed E-state index contributed by atoms with van der Waals surface area (Å²) in [5.74, 6) is 0.490. The van der Waals surface area contributed by atoms with Crippen molar-refractivity contribution in [3.63, 3.8) is 0 Å². The fourth-order valence-electron chi connectivity index (χ4n) is 2.36. The second kappa shape index (κ2) is 7.19. The van der Waals surface area contributed by atoms with Gasteiger partial charge in [0.05, 0.1) is 12.0 Å². The van der Waals surface area contributed by atoms with Crippen LogP contribution in [-0.4, -0.2) is 26.6 Å². The first-order valence-electron chi connectivity index (χ1n) is 7.57. The van der Waals surface area contributed by atoms with Crippen LogP contribution in [0.1, 0.15) is 16.8 Å². The fourth-order valence-corrected chi connectivity index (χ4v) is 3.47. The third kappa shape index (κ3) is 4.04. The average molecular weight is 350 g/mol. The highest BCUT2D eigenvalue weighted by molar-refractivity contribution is 7.89. The van der Waals surface area contributed by atoms with Crippen molar-refractivity contribution in [1.29, 1.82) is 0 Å². The molecule has 0 fully saturated rings. The van der Waals surface area contributed by atoms with Crippen molar-refractivity contribution in [2.45, 2.75) is 32.2 Å². The molecule has 1 heterocycles. The van der Waals surface area contributed by atoms with E-state index < -0.39 is 10.0 Å². The summed E-state index contributed by atoms with van der Waals surface area (Å²) in [5, 5.41) is 0. The number of ether oxygens (including phenoxy) is 1. The molecule has 0 amide bonds. The van der Waals surface area contributed by atoms with Crippen LogP contribution in [0.25, 0.3) is 0 Å². The lowest BCUT2D eigenvalue weighted by Gasteiger charge is -2.12. The molecule has 0 aliphatic rings. The van der Waals surface area contributed by atoms with Crippen molar-refractivity contribution >= 4 is 10.0 Å². The Labute approximate surface area is 142 Å². The number of sulfonamides is 1. The van der Waals surface area contributed by atoms with Crippen LogP contribution in [0.2, 0.25) is 0 Å². The van der Waals surface area contributed by atoms with Crippen LogP contribution in [0.3, 0.4) is 0 Å². The van der Waals surface area contributed by atoms with Gasteiger partial charge in [0.25, 0.3) is 5.56 Å². The van der Waals surface area contributed by atoms with E-state index in [1.807, 2.05) is 13.8 Å². The van der Waals surface area contributed by atoms with Crippen molar-refractivity contribution in [2.24, 2.45) is 0 Å². The molecule has 2 aromatic rings. The van der Waals surface area contributed by atoms with Gasteiger partial charge in [0.15, 0.2) is 0 Å². The topological polar surface area (TPSA) is 77.4 Å². The molecule has 7 heteroatoms. The molecule has 24 heavy (non-hydrogen) atoms. The Morgan fingerprint density at radius 1 is 1.08 bits per heavy atom. The Balaban J connectivity index is 2.11. The minimum Gasteiger partial charge on any atom is -0.496 e. The summed E-state index contributed by atoms with van der Waals surface area (Å²) in [6.07, 6.45) is 0. The molecule has 130 valence electrons. The Kier molecular flexibility index (Phi) is 5.46. The summed E-state index contributed by atoms with van der Waals surface area (Å²) < 4.78 is 33.8. The van der Waals surface area contributed by atoms with Crippen molar-refractivity contribution in [3.05, 3.63) is 57.5 Å².